The fraction of sp³-hybridized carbons (Fsp3) is 0.615. The molecule has 1 fully saturated rings. The van der Waals surface area contributed by atoms with Gasteiger partial charge in [-0.05, 0) is 13.8 Å². The second kappa shape index (κ2) is 6.81. The molecule has 2 rings (SSSR count). The number of aldehydes is 1. The summed E-state index contributed by atoms with van der Waals surface area (Å²) in [6.45, 7) is 7.74. The van der Waals surface area contributed by atoms with Crippen molar-refractivity contribution in [2.24, 2.45) is 0 Å². The topological polar surface area (TPSA) is 62.7 Å². The number of aromatic nitrogens is 1. The van der Waals surface area contributed by atoms with E-state index in [2.05, 4.69) is 9.88 Å². The highest BCUT2D eigenvalue weighted by molar-refractivity contribution is 7.13. The summed E-state index contributed by atoms with van der Waals surface area (Å²) in [5, 5.41) is 0.953. The van der Waals surface area contributed by atoms with Gasteiger partial charge in [0.1, 0.15) is 5.01 Å². The lowest BCUT2D eigenvalue weighted by Crippen LogP contribution is -2.48. The van der Waals surface area contributed by atoms with Crippen molar-refractivity contribution in [1.82, 2.24) is 14.8 Å². The van der Waals surface area contributed by atoms with Crippen molar-refractivity contribution in [3.63, 3.8) is 0 Å². The first-order chi connectivity index (χ1) is 9.63. The summed E-state index contributed by atoms with van der Waals surface area (Å²) in [5.41, 5.74) is 0.796. The molecular weight excluding hydrogens is 278 g/mol. The number of aryl methyl sites for hydroxylation is 1. The molecule has 6 nitrogen and oxygen atoms in total. The number of ether oxygens (including phenoxy) is 1. The lowest BCUT2D eigenvalue weighted by molar-refractivity contribution is 0.0778. The summed E-state index contributed by atoms with van der Waals surface area (Å²) >= 11 is 1.44. The molecule has 20 heavy (non-hydrogen) atoms. The van der Waals surface area contributed by atoms with Gasteiger partial charge in [-0.1, -0.05) is 0 Å². The lowest BCUT2D eigenvalue weighted by Gasteiger charge is -2.33. The number of hydrogen-bond donors (Lipinski definition) is 0. The predicted molar refractivity (Wildman–Crippen MR) is 76.1 cm³/mol. The highest BCUT2D eigenvalue weighted by Gasteiger charge is 2.22. The van der Waals surface area contributed by atoms with Crippen molar-refractivity contribution in [3.05, 3.63) is 15.6 Å². The van der Waals surface area contributed by atoms with E-state index in [-0.39, 0.29) is 6.09 Å². The Hall–Kier alpha value is -1.47. The van der Waals surface area contributed by atoms with Crippen LogP contribution >= 0.6 is 11.3 Å². The molecule has 1 aliphatic rings. The molecule has 1 saturated heterocycles. The summed E-state index contributed by atoms with van der Waals surface area (Å²) in [4.78, 5) is 31.5. The Morgan fingerprint density at radius 1 is 1.40 bits per heavy atom. The van der Waals surface area contributed by atoms with E-state index < -0.39 is 0 Å². The van der Waals surface area contributed by atoms with E-state index in [4.69, 9.17) is 4.74 Å². The van der Waals surface area contributed by atoms with E-state index in [9.17, 15) is 9.59 Å². The van der Waals surface area contributed by atoms with Crippen LogP contribution in [0.3, 0.4) is 0 Å². The molecule has 0 bridgehead atoms. The summed E-state index contributed by atoms with van der Waals surface area (Å²) in [5.74, 6) is 0. The van der Waals surface area contributed by atoms with Gasteiger partial charge in [0.25, 0.3) is 0 Å². The molecule has 110 valence electrons. The maximum atomic E-state index is 11.6. The molecule has 1 amide bonds. The average molecular weight is 297 g/mol. The fourth-order valence-electron chi connectivity index (χ4n) is 2.14. The third-order valence-electron chi connectivity index (χ3n) is 3.24. The van der Waals surface area contributed by atoms with Gasteiger partial charge < -0.3 is 9.64 Å². The molecule has 0 aromatic carbocycles. The van der Waals surface area contributed by atoms with Crippen molar-refractivity contribution in [2.45, 2.75) is 20.4 Å². The van der Waals surface area contributed by atoms with Crippen molar-refractivity contribution < 1.29 is 14.3 Å². The molecule has 7 heteroatoms. The van der Waals surface area contributed by atoms with Crippen LogP contribution in [-0.4, -0.2) is 59.9 Å². The zero-order valence-electron chi connectivity index (χ0n) is 11.8. The third-order valence-corrected chi connectivity index (χ3v) is 4.31. The summed E-state index contributed by atoms with van der Waals surface area (Å²) in [6, 6.07) is 0. The summed E-state index contributed by atoms with van der Waals surface area (Å²) in [7, 11) is 0. The van der Waals surface area contributed by atoms with Gasteiger partial charge in [0.05, 0.1) is 23.7 Å². The molecule has 0 saturated carbocycles. The normalized spacial score (nSPS) is 16.2. The molecule has 0 spiro atoms. The average Bonchev–Trinajstić information content (AvgIpc) is 2.80. The van der Waals surface area contributed by atoms with Gasteiger partial charge in [-0.15, -0.1) is 11.3 Å². The van der Waals surface area contributed by atoms with Crippen molar-refractivity contribution in [3.8, 4) is 0 Å². The first-order valence-corrected chi connectivity index (χ1v) is 7.51. The zero-order valence-corrected chi connectivity index (χ0v) is 12.6. The lowest BCUT2D eigenvalue weighted by atomic mass is 10.3. The Bertz CT molecular complexity index is 481. The Morgan fingerprint density at radius 2 is 2.10 bits per heavy atom. The smallest absolute Gasteiger partial charge is 0.409 e. The summed E-state index contributed by atoms with van der Waals surface area (Å²) in [6.07, 6.45) is 0.621. The van der Waals surface area contributed by atoms with Gasteiger partial charge in [-0.2, -0.15) is 0 Å². The first kappa shape index (κ1) is 14.9. The number of carbonyl (C=O) groups is 2. The summed E-state index contributed by atoms with van der Waals surface area (Å²) < 4.78 is 4.99. The monoisotopic (exact) mass is 297 g/mol. The van der Waals surface area contributed by atoms with Gasteiger partial charge in [-0.3, -0.25) is 9.69 Å². The number of amides is 1. The Morgan fingerprint density at radius 3 is 2.65 bits per heavy atom. The molecule has 0 unspecified atom stereocenters. The van der Waals surface area contributed by atoms with Crippen LogP contribution in [0.25, 0.3) is 0 Å². The van der Waals surface area contributed by atoms with Crippen LogP contribution in [0.4, 0.5) is 4.79 Å². The quantitative estimate of drug-likeness (QED) is 0.789. The molecular formula is C13H19N3O3S. The van der Waals surface area contributed by atoms with Crippen LogP contribution < -0.4 is 0 Å². The van der Waals surface area contributed by atoms with Crippen molar-refractivity contribution in [1.29, 1.82) is 0 Å². The molecule has 0 N–H and O–H groups in total. The van der Waals surface area contributed by atoms with Gasteiger partial charge in [0.2, 0.25) is 0 Å². The Balaban J connectivity index is 1.84. The van der Waals surface area contributed by atoms with Gasteiger partial charge >= 0.3 is 6.09 Å². The van der Waals surface area contributed by atoms with Crippen LogP contribution in [-0.2, 0) is 11.3 Å². The Kier molecular flexibility index (Phi) is 5.08. The van der Waals surface area contributed by atoms with E-state index >= 15 is 0 Å². The van der Waals surface area contributed by atoms with Crippen molar-refractivity contribution in [2.75, 3.05) is 32.8 Å². The molecule has 1 aromatic heterocycles. The van der Waals surface area contributed by atoms with Crippen LogP contribution in [0.1, 0.15) is 27.3 Å². The van der Waals surface area contributed by atoms with E-state index in [1.54, 1.807) is 4.90 Å². The second-order valence-electron chi connectivity index (χ2n) is 4.64. The highest BCUT2D eigenvalue weighted by atomic mass is 32.1. The van der Waals surface area contributed by atoms with E-state index in [1.165, 1.54) is 11.3 Å². The van der Waals surface area contributed by atoms with E-state index in [0.29, 0.717) is 24.6 Å². The van der Waals surface area contributed by atoms with Gasteiger partial charge in [0, 0.05) is 26.2 Å². The number of hydrogen-bond acceptors (Lipinski definition) is 6. The molecule has 0 radical (unpaired) electrons. The number of nitrogens with zero attached hydrogens (tertiary/aromatic N) is 3. The minimum Gasteiger partial charge on any atom is -0.450 e. The molecule has 1 aliphatic heterocycles. The molecule has 2 heterocycles. The highest BCUT2D eigenvalue weighted by Crippen LogP contribution is 2.18. The SMILES string of the molecule is CCOC(=O)N1CCN(Cc2nc(C)c(C=O)s2)CC1. The van der Waals surface area contributed by atoms with Crippen LogP contribution in [0, 0.1) is 6.92 Å². The predicted octanol–water partition coefficient (Wildman–Crippen LogP) is 1.54. The largest absolute Gasteiger partial charge is 0.450 e. The maximum Gasteiger partial charge on any atom is 0.409 e. The molecule has 0 aliphatic carbocycles. The van der Waals surface area contributed by atoms with E-state index in [0.717, 1.165) is 36.6 Å². The zero-order chi connectivity index (χ0) is 14.5. The minimum atomic E-state index is -0.236. The van der Waals surface area contributed by atoms with Crippen LogP contribution in [0.2, 0.25) is 0 Å². The van der Waals surface area contributed by atoms with Crippen LogP contribution in [0.5, 0.6) is 0 Å². The Labute approximate surface area is 122 Å². The van der Waals surface area contributed by atoms with Gasteiger partial charge in [0.15, 0.2) is 6.29 Å². The van der Waals surface area contributed by atoms with Crippen molar-refractivity contribution >= 4 is 23.7 Å². The number of rotatable bonds is 4. The van der Waals surface area contributed by atoms with Crippen LogP contribution in [0.15, 0.2) is 0 Å². The van der Waals surface area contributed by atoms with Gasteiger partial charge in [-0.25, -0.2) is 9.78 Å². The first-order valence-electron chi connectivity index (χ1n) is 6.69. The fourth-order valence-corrected chi connectivity index (χ4v) is 3.06. The standard InChI is InChI=1S/C13H19N3O3S/c1-3-19-13(18)16-6-4-15(5-7-16)8-12-14-10(2)11(9-17)20-12/h9H,3-8H2,1-2H3. The molecule has 1 aromatic rings. The minimum absolute atomic E-state index is 0.236. The number of thiazole rings is 1. The van der Waals surface area contributed by atoms with E-state index in [1.807, 2.05) is 13.8 Å². The third kappa shape index (κ3) is 3.55. The second-order valence-corrected chi connectivity index (χ2v) is 5.75. The molecule has 0 atom stereocenters. The maximum absolute atomic E-state index is 11.6. The number of piperazine rings is 1. The number of carbonyl (C=O) groups excluding carboxylic acids is 2.